The van der Waals surface area contributed by atoms with Crippen LogP contribution in [0.4, 0.5) is 11.5 Å². The lowest BCUT2D eigenvalue weighted by molar-refractivity contribution is 0.416. The van der Waals surface area contributed by atoms with Gasteiger partial charge in [0.2, 0.25) is 0 Å². The summed E-state index contributed by atoms with van der Waals surface area (Å²) < 4.78 is 5.09. The minimum atomic E-state index is 0.558. The summed E-state index contributed by atoms with van der Waals surface area (Å²) in [5, 5.41) is 3.20. The van der Waals surface area contributed by atoms with Crippen LogP contribution in [0, 0.1) is 5.92 Å². The second-order valence-electron chi connectivity index (χ2n) is 3.59. The number of methoxy groups -OCH3 is 1. The third-order valence-corrected chi connectivity index (χ3v) is 1.81. The molecule has 4 nitrogen and oxygen atoms in total. The van der Waals surface area contributed by atoms with E-state index in [2.05, 4.69) is 24.1 Å². The minimum Gasteiger partial charge on any atom is -0.494 e. The highest BCUT2D eigenvalue weighted by molar-refractivity contribution is 5.56. The Bertz CT molecular complexity index is 299. The molecule has 0 saturated carbocycles. The third-order valence-electron chi connectivity index (χ3n) is 1.81. The van der Waals surface area contributed by atoms with Crippen LogP contribution < -0.4 is 15.8 Å². The van der Waals surface area contributed by atoms with Crippen molar-refractivity contribution in [1.29, 1.82) is 0 Å². The molecule has 0 bridgehead atoms. The highest BCUT2D eigenvalue weighted by Crippen LogP contribution is 2.22. The molecule has 78 valence electrons. The summed E-state index contributed by atoms with van der Waals surface area (Å²) in [5.41, 5.74) is 6.20. The minimum absolute atomic E-state index is 0.558. The van der Waals surface area contributed by atoms with Gasteiger partial charge in [-0.15, -0.1) is 0 Å². The SMILES string of the molecule is COc1cc(NCC(C)C)ncc1N. The van der Waals surface area contributed by atoms with E-state index >= 15 is 0 Å². The first-order valence-corrected chi connectivity index (χ1v) is 4.67. The maximum Gasteiger partial charge on any atom is 0.147 e. The summed E-state index contributed by atoms with van der Waals surface area (Å²) in [5.74, 6) is 2.04. The van der Waals surface area contributed by atoms with Gasteiger partial charge in [0.25, 0.3) is 0 Å². The lowest BCUT2D eigenvalue weighted by atomic mass is 10.2. The summed E-state index contributed by atoms with van der Waals surface area (Å²) in [6.45, 7) is 5.17. The number of rotatable bonds is 4. The molecule has 1 heterocycles. The molecule has 1 rings (SSSR count). The van der Waals surface area contributed by atoms with E-state index in [4.69, 9.17) is 10.5 Å². The Hall–Kier alpha value is -1.45. The maximum atomic E-state index is 5.64. The van der Waals surface area contributed by atoms with Crippen molar-refractivity contribution >= 4 is 11.5 Å². The quantitative estimate of drug-likeness (QED) is 0.768. The van der Waals surface area contributed by atoms with Gasteiger partial charge in [-0.2, -0.15) is 0 Å². The molecule has 0 spiro atoms. The van der Waals surface area contributed by atoms with E-state index < -0.39 is 0 Å². The number of hydrogen-bond donors (Lipinski definition) is 2. The van der Waals surface area contributed by atoms with Gasteiger partial charge in [-0.25, -0.2) is 4.98 Å². The largest absolute Gasteiger partial charge is 0.494 e. The van der Waals surface area contributed by atoms with Crippen molar-refractivity contribution in [1.82, 2.24) is 4.98 Å². The standard InChI is InChI=1S/C10H17N3O/c1-7(2)5-12-10-4-9(14-3)8(11)6-13-10/h4,6-7H,5,11H2,1-3H3,(H,12,13). The highest BCUT2D eigenvalue weighted by atomic mass is 16.5. The average Bonchev–Trinajstić information content (AvgIpc) is 2.16. The normalized spacial score (nSPS) is 10.3. The van der Waals surface area contributed by atoms with Gasteiger partial charge in [0.1, 0.15) is 11.6 Å². The van der Waals surface area contributed by atoms with E-state index in [0.29, 0.717) is 17.4 Å². The first-order chi connectivity index (χ1) is 6.63. The molecule has 3 N–H and O–H groups in total. The van der Waals surface area contributed by atoms with Gasteiger partial charge in [-0.3, -0.25) is 0 Å². The molecule has 0 fully saturated rings. The Labute approximate surface area is 84.5 Å². The molecule has 0 saturated heterocycles. The van der Waals surface area contributed by atoms with Crippen LogP contribution in [0.5, 0.6) is 5.75 Å². The lowest BCUT2D eigenvalue weighted by Crippen LogP contribution is -2.09. The summed E-state index contributed by atoms with van der Waals surface area (Å²) in [6.07, 6.45) is 1.60. The summed E-state index contributed by atoms with van der Waals surface area (Å²) in [6, 6.07) is 1.80. The maximum absolute atomic E-state index is 5.64. The number of hydrogen-bond acceptors (Lipinski definition) is 4. The summed E-state index contributed by atoms with van der Waals surface area (Å²) >= 11 is 0. The fraction of sp³-hybridized carbons (Fsp3) is 0.500. The van der Waals surface area contributed by atoms with E-state index in [1.54, 1.807) is 19.4 Å². The number of aromatic nitrogens is 1. The second kappa shape index (κ2) is 4.69. The molecular formula is C10H17N3O. The molecule has 0 aliphatic rings. The number of nitrogens with zero attached hydrogens (tertiary/aromatic N) is 1. The van der Waals surface area contributed by atoms with Crippen LogP contribution in [-0.4, -0.2) is 18.6 Å². The van der Waals surface area contributed by atoms with Crippen molar-refractivity contribution in [2.45, 2.75) is 13.8 Å². The van der Waals surface area contributed by atoms with Gasteiger partial charge in [-0.1, -0.05) is 13.8 Å². The van der Waals surface area contributed by atoms with Gasteiger partial charge in [0.05, 0.1) is 19.0 Å². The Kier molecular flexibility index (Phi) is 3.56. The highest BCUT2D eigenvalue weighted by Gasteiger charge is 2.02. The van der Waals surface area contributed by atoms with Crippen LogP contribution in [0.3, 0.4) is 0 Å². The molecule has 0 aliphatic heterocycles. The number of nitrogens with two attached hydrogens (primary N) is 1. The van der Waals surface area contributed by atoms with Crippen molar-refractivity contribution in [2.75, 3.05) is 24.7 Å². The molecule has 4 heteroatoms. The number of ether oxygens (including phenoxy) is 1. The van der Waals surface area contributed by atoms with Crippen LogP contribution >= 0.6 is 0 Å². The zero-order valence-corrected chi connectivity index (χ0v) is 8.87. The van der Waals surface area contributed by atoms with Crippen LogP contribution in [0.2, 0.25) is 0 Å². The van der Waals surface area contributed by atoms with Gasteiger partial charge in [0, 0.05) is 12.6 Å². The van der Waals surface area contributed by atoms with E-state index in [9.17, 15) is 0 Å². The van der Waals surface area contributed by atoms with Crippen LogP contribution in [0.15, 0.2) is 12.3 Å². The smallest absolute Gasteiger partial charge is 0.147 e. The van der Waals surface area contributed by atoms with E-state index in [-0.39, 0.29) is 0 Å². The zero-order valence-electron chi connectivity index (χ0n) is 8.87. The predicted molar refractivity (Wildman–Crippen MR) is 58.5 cm³/mol. The Morgan fingerprint density at radius 1 is 1.57 bits per heavy atom. The number of nitrogen functional groups attached to an aromatic ring is 1. The molecule has 14 heavy (non-hydrogen) atoms. The Morgan fingerprint density at radius 2 is 2.29 bits per heavy atom. The second-order valence-corrected chi connectivity index (χ2v) is 3.59. The fourth-order valence-electron chi connectivity index (χ4n) is 1.03. The topological polar surface area (TPSA) is 60.2 Å². The Morgan fingerprint density at radius 3 is 2.86 bits per heavy atom. The van der Waals surface area contributed by atoms with Crippen molar-refractivity contribution in [2.24, 2.45) is 5.92 Å². The molecule has 0 aromatic carbocycles. The van der Waals surface area contributed by atoms with Crippen LogP contribution in [-0.2, 0) is 0 Å². The zero-order chi connectivity index (χ0) is 10.6. The van der Waals surface area contributed by atoms with Crippen LogP contribution in [0.1, 0.15) is 13.8 Å². The molecule has 0 unspecified atom stereocenters. The van der Waals surface area contributed by atoms with E-state index in [1.165, 1.54) is 0 Å². The first kappa shape index (κ1) is 10.6. The molecule has 1 aromatic rings. The van der Waals surface area contributed by atoms with Gasteiger partial charge in [-0.05, 0) is 5.92 Å². The molecule has 0 radical (unpaired) electrons. The fourth-order valence-corrected chi connectivity index (χ4v) is 1.03. The summed E-state index contributed by atoms with van der Waals surface area (Å²) in [7, 11) is 1.60. The van der Waals surface area contributed by atoms with Crippen molar-refractivity contribution in [3.8, 4) is 5.75 Å². The monoisotopic (exact) mass is 195 g/mol. The number of nitrogens with one attached hydrogen (secondary N) is 1. The number of anilines is 2. The molecule has 1 aromatic heterocycles. The van der Waals surface area contributed by atoms with Gasteiger partial charge in [0.15, 0.2) is 0 Å². The molecule has 0 atom stereocenters. The molecule has 0 amide bonds. The van der Waals surface area contributed by atoms with Crippen molar-refractivity contribution in [3.05, 3.63) is 12.3 Å². The van der Waals surface area contributed by atoms with Crippen molar-refractivity contribution in [3.63, 3.8) is 0 Å². The van der Waals surface area contributed by atoms with Crippen molar-refractivity contribution < 1.29 is 4.74 Å². The van der Waals surface area contributed by atoms with E-state index in [1.807, 2.05) is 0 Å². The average molecular weight is 195 g/mol. The third kappa shape index (κ3) is 2.80. The van der Waals surface area contributed by atoms with Crippen LogP contribution in [0.25, 0.3) is 0 Å². The lowest BCUT2D eigenvalue weighted by Gasteiger charge is -2.10. The van der Waals surface area contributed by atoms with Gasteiger partial charge >= 0.3 is 0 Å². The predicted octanol–water partition coefficient (Wildman–Crippen LogP) is 1.74. The first-order valence-electron chi connectivity index (χ1n) is 4.67. The van der Waals surface area contributed by atoms with E-state index in [0.717, 1.165) is 12.4 Å². The Balaban J connectivity index is 2.69. The number of pyridine rings is 1. The molecule has 0 aliphatic carbocycles. The van der Waals surface area contributed by atoms with Gasteiger partial charge < -0.3 is 15.8 Å². The molecular weight excluding hydrogens is 178 g/mol. The summed E-state index contributed by atoms with van der Waals surface area (Å²) in [4.78, 5) is 4.14.